The minimum atomic E-state index is -3.40. The maximum atomic E-state index is 13.4. The predicted octanol–water partition coefficient (Wildman–Crippen LogP) is 0.828. The lowest BCUT2D eigenvalue weighted by Crippen LogP contribution is -2.57. The third-order valence-corrected chi connectivity index (χ3v) is 2.66. The molecule has 0 saturated carbocycles. The Bertz CT molecular complexity index is 522. The first-order chi connectivity index (χ1) is 9.21. The minimum absolute atomic E-state index is 0.391. The number of nitrogens with two attached hydrogens (primary N) is 1. The van der Waals surface area contributed by atoms with E-state index in [4.69, 9.17) is 10.8 Å². The molecule has 0 amide bonds. The van der Waals surface area contributed by atoms with Crippen molar-refractivity contribution in [1.82, 2.24) is 0 Å². The summed E-state index contributed by atoms with van der Waals surface area (Å²) in [7, 11) is 0. The van der Waals surface area contributed by atoms with Gasteiger partial charge >= 0.3 is 11.9 Å². The molecule has 2 atom stereocenters. The van der Waals surface area contributed by atoms with Crippen LogP contribution in [0.25, 0.3) is 0 Å². The molecule has 0 unspecified atom stereocenters. The molecule has 1 aromatic carbocycles. The van der Waals surface area contributed by atoms with Gasteiger partial charge in [-0.3, -0.25) is 9.59 Å². The van der Waals surface area contributed by atoms with Gasteiger partial charge in [-0.15, -0.1) is 0 Å². The molecule has 0 saturated heterocycles. The number of carbonyl (C=O) groups is 2. The molecule has 0 aromatic heterocycles. The number of ether oxygens (including phenoxy) is 1. The standard InChI is InChI=1S/C12H13F2NO5/c1-6(16)20-12(11(13)14,9(15)10(18)19)7-3-2-4-8(17)5-7/h2-5,9,11,17H,15H2,1H3,(H,18,19)/t9-,12+/m1/s1. The molecule has 1 aromatic rings. The highest BCUT2D eigenvalue weighted by molar-refractivity contribution is 5.77. The van der Waals surface area contributed by atoms with Crippen LogP contribution in [0.4, 0.5) is 8.78 Å². The number of esters is 1. The molecular weight excluding hydrogens is 276 g/mol. The van der Waals surface area contributed by atoms with Crippen molar-refractivity contribution in [3.63, 3.8) is 0 Å². The predicted molar refractivity (Wildman–Crippen MR) is 63.2 cm³/mol. The number of hydrogen-bond acceptors (Lipinski definition) is 5. The summed E-state index contributed by atoms with van der Waals surface area (Å²) in [5.41, 5.74) is 2.01. The fourth-order valence-electron chi connectivity index (χ4n) is 1.78. The lowest BCUT2D eigenvalue weighted by atomic mass is 9.86. The van der Waals surface area contributed by atoms with Gasteiger partial charge in [0.15, 0.2) is 6.04 Å². The number of aliphatic carboxylic acids is 1. The quantitative estimate of drug-likeness (QED) is 0.692. The van der Waals surface area contributed by atoms with Crippen molar-refractivity contribution in [2.45, 2.75) is 25.0 Å². The highest BCUT2D eigenvalue weighted by Crippen LogP contribution is 2.37. The second-order valence-corrected chi connectivity index (χ2v) is 4.05. The first-order valence-electron chi connectivity index (χ1n) is 5.47. The Balaban J connectivity index is 3.52. The Morgan fingerprint density at radius 3 is 2.40 bits per heavy atom. The van der Waals surface area contributed by atoms with Gasteiger partial charge in [0.1, 0.15) is 5.75 Å². The first kappa shape index (κ1) is 15.8. The highest BCUT2D eigenvalue weighted by Gasteiger charge is 2.54. The van der Waals surface area contributed by atoms with E-state index in [1.807, 2.05) is 0 Å². The summed E-state index contributed by atoms with van der Waals surface area (Å²) < 4.78 is 31.4. The molecule has 0 heterocycles. The Hall–Kier alpha value is -2.22. The van der Waals surface area contributed by atoms with E-state index in [1.165, 1.54) is 12.1 Å². The zero-order chi connectivity index (χ0) is 15.5. The van der Waals surface area contributed by atoms with E-state index in [2.05, 4.69) is 4.74 Å². The van der Waals surface area contributed by atoms with Crippen LogP contribution in [0.5, 0.6) is 5.75 Å². The van der Waals surface area contributed by atoms with Gasteiger partial charge in [0.05, 0.1) is 0 Å². The largest absolute Gasteiger partial charge is 0.508 e. The van der Waals surface area contributed by atoms with Crippen molar-refractivity contribution in [2.75, 3.05) is 0 Å². The van der Waals surface area contributed by atoms with Gasteiger partial charge in [0, 0.05) is 12.5 Å². The van der Waals surface area contributed by atoms with E-state index in [1.54, 1.807) is 0 Å². The number of carbonyl (C=O) groups excluding carboxylic acids is 1. The molecule has 4 N–H and O–H groups in total. The maximum absolute atomic E-state index is 13.4. The molecule has 0 aliphatic rings. The van der Waals surface area contributed by atoms with E-state index in [0.717, 1.165) is 19.1 Å². The molecule has 0 radical (unpaired) electrons. The van der Waals surface area contributed by atoms with Crippen LogP contribution in [0.3, 0.4) is 0 Å². The molecule has 0 bridgehead atoms. The number of benzene rings is 1. The van der Waals surface area contributed by atoms with Crippen molar-refractivity contribution in [3.05, 3.63) is 29.8 Å². The van der Waals surface area contributed by atoms with Crippen molar-refractivity contribution in [2.24, 2.45) is 5.73 Å². The molecule has 20 heavy (non-hydrogen) atoms. The molecule has 0 aliphatic carbocycles. The van der Waals surface area contributed by atoms with Gasteiger partial charge in [-0.25, -0.2) is 8.78 Å². The number of phenolic OH excluding ortho intramolecular Hbond substituents is 1. The Morgan fingerprint density at radius 2 is 2.00 bits per heavy atom. The average Bonchev–Trinajstić information content (AvgIpc) is 2.34. The Kier molecular flexibility index (Phi) is 4.61. The number of carboxylic acid groups (broad SMARTS) is 1. The van der Waals surface area contributed by atoms with Crippen LogP contribution in [-0.2, 0) is 19.9 Å². The highest BCUT2D eigenvalue weighted by atomic mass is 19.3. The molecule has 0 aliphatic heterocycles. The van der Waals surface area contributed by atoms with Crippen LogP contribution in [0.2, 0.25) is 0 Å². The van der Waals surface area contributed by atoms with Gasteiger partial charge in [-0.05, 0) is 12.1 Å². The normalized spacial score (nSPS) is 15.4. The average molecular weight is 289 g/mol. The first-order valence-corrected chi connectivity index (χ1v) is 5.47. The van der Waals surface area contributed by atoms with Gasteiger partial charge in [-0.2, -0.15) is 0 Å². The van der Waals surface area contributed by atoms with Crippen LogP contribution in [0.1, 0.15) is 12.5 Å². The van der Waals surface area contributed by atoms with Crippen LogP contribution >= 0.6 is 0 Å². The molecule has 0 fully saturated rings. The molecule has 8 heteroatoms. The van der Waals surface area contributed by atoms with E-state index in [-0.39, 0.29) is 0 Å². The minimum Gasteiger partial charge on any atom is -0.508 e. The Labute approximate surface area is 112 Å². The summed E-state index contributed by atoms with van der Waals surface area (Å²) in [5, 5.41) is 18.2. The summed E-state index contributed by atoms with van der Waals surface area (Å²) in [6.07, 6.45) is -3.40. The van der Waals surface area contributed by atoms with Crippen molar-refractivity contribution in [3.8, 4) is 5.75 Å². The maximum Gasteiger partial charge on any atom is 0.325 e. The summed E-state index contributed by atoms with van der Waals surface area (Å²) in [4.78, 5) is 22.1. The number of alkyl halides is 2. The van der Waals surface area contributed by atoms with Gasteiger partial charge in [-0.1, -0.05) is 12.1 Å². The lowest BCUT2D eigenvalue weighted by molar-refractivity contribution is -0.190. The van der Waals surface area contributed by atoms with E-state index < -0.39 is 41.3 Å². The Morgan fingerprint density at radius 1 is 1.40 bits per heavy atom. The van der Waals surface area contributed by atoms with E-state index in [0.29, 0.717) is 0 Å². The zero-order valence-electron chi connectivity index (χ0n) is 10.4. The topological polar surface area (TPSA) is 110 Å². The summed E-state index contributed by atoms with van der Waals surface area (Å²) in [6.45, 7) is 0.856. The van der Waals surface area contributed by atoms with Crippen molar-refractivity contribution >= 4 is 11.9 Å². The SMILES string of the molecule is CC(=O)O[C@](c1cccc(O)c1)(C(F)F)[C@H](N)C(=O)O. The van der Waals surface area contributed by atoms with Crippen molar-refractivity contribution < 1.29 is 33.3 Å². The zero-order valence-corrected chi connectivity index (χ0v) is 10.4. The molecule has 1 rings (SSSR count). The number of hydrogen-bond donors (Lipinski definition) is 3. The molecule has 6 nitrogen and oxygen atoms in total. The number of rotatable bonds is 5. The van der Waals surface area contributed by atoms with Crippen LogP contribution in [-0.4, -0.2) is 34.6 Å². The summed E-state index contributed by atoms with van der Waals surface area (Å²) in [6, 6.07) is 2.17. The number of carboxylic acids is 1. The number of halogens is 2. The fourth-order valence-corrected chi connectivity index (χ4v) is 1.78. The summed E-state index contributed by atoms with van der Waals surface area (Å²) >= 11 is 0. The third-order valence-electron chi connectivity index (χ3n) is 2.66. The van der Waals surface area contributed by atoms with E-state index >= 15 is 0 Å². The third kappa shape index (κ3) is 2.85. The number of aromatic hydroxyl groups is 1. The molecule has 0 spiro atoms. The van der Waals surface area contributed by atoms with Crippen LogP contribution < -0.4 is 5.73 Å². The number of phenols is 1. The van der Waals surface area contributed by atoms with Gasteiger partial charge in [0.25, 0.3) is 6.43 Å². The second-order valence-electron chi connectivity index (χ2n) is 4.05. The van der Waals surface area contributed by atoms with Crippen molar-refractivity contribution in [1.29, 1.82) is 0 Å². The smallest absolute Gasteiger partial charge is 0.325 e. The van der Waals surface area contributed by atoms with Gasteiger partial charge < -0.3 is 20.7 Å². The molecular formula is C12H13F2NO5. The van der Waals surface area contributed by atoms with Gasteiger partial charge in [0.2, 0.25) is 5.60 Å². The lowest BCUT2D eigenvalue weighted by Gasteiger charge is -2.35. The van der Waals surface area contributed by atoms with Crippen LogP contribution in [0.15, 0.2) is 24.3 Å². The fraction of sp³-hybridized carbons (Fsp3) is 0.333. The monoisotopic (exact) mass is 289 g/mol. The van der Waals surface area contributed by atoms with Crippen LogP contribution in [0, 0.1) is 0 Å². The second kappa shape index (κ2) is 5.83. The molecule has 110 valence electrons. The van der Waals surface area contributed by atoms with E-state index in [9.17, 15) is 23.5 Å². The summed E-state index contributed by atoms with van der Waals surface area (Å²) in [5.74, 6) is -3.28.